The Labute approximate surface area is 117 Å². The second-order valence-electron chi connectivity index (χ2n) is 4.04. The van der Waals surface area contributed by atoms with Gasteiger partial charge < -0.3 is 10.4 Å². The second kappa shape index (κ2) is 5.97. The van der Waals surface area contributed by atoms with Crippen molar-refractivity contribution in [3.05, 3.63) is 34.7 Å². The van der Waals surface area contributed by atoms with Gasteiger partial charge in [0.2, 0.25) is 0 Å². The number of pyridine rings is 1. The van der Waals surface area contributed by atoms with Crippen LogP contribution >= 0.6 is 15.9 Å². The van der Waals surface area contributed by atoms with Gasteiger partial charge in [-0.15, -0.1) is 0 Å². The van der Waals surface area contributed by atoms with Crippen LogP contribution < -0.4 is 5.32 Å². The lowest BCUT2D eigenvalue weighted by Gasteiger charge is -2.09. The van der Waals surface area contributed by atoms with Crippen LogP contribution in [0.25, 0.3) is 10.8 Å². The van der Waals surface area contributed by atoms with E-state index in [1.165, 1.54) is 12.3 Å². The van der Waals surface area contributed by atoms with Crippen LogP contribution in [-0.2, 0) is 4.79 Å². The molecule has 2 aromatic rings. The molecule has 0 aliphatic heterocycles. The molecule has 1 heterocycles. The number of carboxylic acids is 1. The molecule has 0 spiro atoms. The molecule has 1 aromatic heterocycles. The highest BCUT2D eigenvalue weighted by Gasteiger charge is 2.09. The molecule has 0 fully saturated rings. The minimum absolute atomic E-state index is 0.0931. The van der Waals surface area contributed by atoms with Crippen LogP contribution in [0.2, 0.25) is 0 Å². The van der Waals surface area contributed by atoms with E-state index in [0.717, 1.165) is 0 Å². The summed E-state index contributed by atoms with van der Waals surface area (Å²) in [7, 11) is 0. The van der Waals surface area contributed by atoms with E-state index in [-0.39, 0.29) is 12.2 Å². The van der Waals surface area contributed by atoms with Gasteiger partial charge in [-0.05, 0) is 28.4 Å². The monoisotopic (exact) mass is 326 g/mol. The molecule has 4 nitrogen and oxygen atoms in total. The lowest BCUT2D eigenvalue weighted by Crippen LogP contribution is -2.06. The second-order valence-corrected chi connectivity index (χ2v) is 4.90. The normalized spacial score (nSPS) is 10.6. The number of carbonyl (C=O) groups is 1. The van der Waals surface area contributed by atoms with Crippen molar-refractivity contribution < 1.29 is 14.3 Å². The Morgan fingerprint density at radius 3 is 3.00 bits per heavy atom. The quantitative estimate of drug-likeness (QED) is 0.826. The average molecular weight is 327 g/mol. The number of hydrogen-bond acceptors (Lipinski definition) is 3. The van der Waals surface area contributed by atoms with Crippen LogP contribution in [0.1, 0.15) is 12.8 Å². The maximum Gasteiger partial charge on any atom is 0.303 e. The molecular formula is C13H12BrFN2O2. The largest absolute Gasteiger partial charge is 0.481 e. The molecular weight excluding hydrogens is 315 g/mol. The predicted molar refractivity (Wildman–Crippen MR) is 74.8 cm³/mol. The lowest BCUT2D eigenvalue weighted by molar-refractivity contribution is -0.137. The number of aromatic nitrogens is 1. The van der Waals surface area contributed by atoms with Gasteiger partial charge in [0.25, 0.3) is 0 Å². The highest BCUT2D eigenvalue weighted by molar-refractivity contribution is 9.10. The first-order valence-corrected chi connectivity index (χ1v) is 6.57. The van der Waals surface area contributed by atoms with E-state index >= 15 is 0 Å². The Morgan fingerprint density at radius 2 is 2.26 bits per heavy atom. The molecule has 0 atom stereocenters. The van der Waals surface area contributed by atoms with Crippen molar-refractivity contribution in [2.24, 2.45) is 0 Å². The predicted octanol–water partition coefficient (Wildman–Crippen LogP) is 3.41. The fourth-order valence-corrected chi connectivity index (χ4v) is 2.31. The summed E-state index contributed by atoms with van der Waals surface area (Å²) in [4.78, 5) is 14.6. The zero-order valence-electron chi connectivity index (χ0n) is 9.99. The summed E-state index contributed by atoms with van der Waals surface area (Å²) in [6, 6.07) is 4.78. The van der Waals surface area contributed by atoms with Gasteiger partial charge in [-0.25, -0.2) is 9.37 Å². The van der Waals surface area contributed by atoms with E-state index < -0.39 is 5.97 Å². The number of aliphatic carboxylic acids is 1. The number of halogens is 2. The van der Waals surface area contributed by atoms with Gasteiger partial charge in [0.1, 0.15) is 11.6 Å². The molecule has 0 radical (unpaired) electrons. The standard InChI is InChI=1S/C13H12BrFN2O2/c14-9-7-17-13(16-6-2-5-11(18)19)8-3-1-4-10(15)12(8)9/h1,3-4,7H,2,5-6H2,(H,16,17)(H,18,19). The molecule has 0 saturated heterocycles. The van der Waals surface area contributed by atoms with Crippen LogP contribution in [-0.4, -0.2) is 22.6 Å². The van der Waals surface area contributed by atoms with Gasteiger partial charge in [-0.2, -0.15) is 0 Å². The molecule has 2 N–H and O–H groups in total. The van der Waals surface area contributed by atoms with Crippen LogP contribution in [0.4, 0.5) is 10.2 Å². The summed E-state index contributed by atoms with van der Waals surface area (Å²) >= 11 is 3.27. The number of nitrogens with one attached hydrogen (secondary N) is 1. The van der Waals surface area contributed by atoms with E-state index in [9.17, 15) is 9.18 Å². The lowest BCUT2D eigenvalue weighted by atomic mass is 10.1. The molecule has 0 amide bonds. The van der Waals surface area contributed by atoms with E-state index in [1.807, 2.05) is 0 Å². The van der Waals surface area contributed by atoms with Crippen LogP contribution in [0.5, 0.6) is 0 Å². The Hall–Kier alpha value is -1.69. The Bertz CT molecular complexity index is 611. The first-order valence-electron chi connectivity index (χ1n) is 5.78. The smallest absolute Gasteiger partial charge is 0.303 e. The summed E-state index contributed by atoms with van der Waals surface area (Å²) in [6.45, 7) is 0.479. The first kappa shape index (κ1) is 13.7. The summed E-state index contributed by atoms with van der Waals surface area (Å²) in [5, 5.41) is 12.7. The average Bonchev–Trinajstić information content (AvgIpc) is 2.36. The van der Waals surface area contributed by atoms with Crippen molar-refractivity contribution in [2.75, 3.05) is 11.9 Å². The van der Waals surface area contributed by atoms with Gasteiger partial charge in [0.05, 0.1) is 0 Å². The molecule has 0 aliphatic rings. The summed E-state index contributed by atoms with van der Waals surface area (Å²) < 4.78 is 14.4. The Kier molecular flexibility index (Phi) is 4.31. The highest BCUT2D eigenvalue weighted by atomic mass is 79.9. The maximum atomic E-state index is 13.8. The van der Waals surface area contributed by atoms with Crippen molar-refractivity contribution >= 4 is 38.5 Å². The highest BCUT2D eigenvalue weighted by Crippen LogP contribution is 2.30. The Balaban J connectivity index is 2.22. The first-order chi connectivity index (χ1) is 9.09. The molecule has 100 valence electrons. The third kappa shape index (κ3) is 3.20. The zero-order chi connectivity index (χ0) is 13.8. The number of benzene rings is 1. The number of carboxylic acid groups (broad SMARTS) is 1. The molecule has 19 heavy (non-hydrogen) atoms. The van der Waals surface area contributed by atoms with Crippen molar-refractivity contribution in [1.82, 2.24) is 4.98 Å². The van der Waals surface area contributed by atoms with E-state index in [0.29, 0.717) is 34.0 Å². The molecule has 0 saturated carbocycles. The molecule has 1 aromatic carbocycles. The van der Waals surface area contributed by atoms with Crippen LogP contribution in [0.15, 0.2) is 28.9 Å². The van der Waals surface area contributed by atoms with Crippen molar-refractivity contribution in [2.45, 2.75) is 12.8 Å². The Morgan fingerprint density at radius 1 is 1.47 bits per heavy atom. The number of rotatable bonds is 5. The number of hydrogen-bond donors (Lipinski definition) is 2. The van der Waals surface area contributed by atoms with Crippen LogP contribution in [0.3, 0.4) is 0 Å². The van der Waals surface area contributed by atoms with Gasteiger partial charge in [0.15, 0.2) is 0 Å². The molecule has 0 aliphatic carbocycles. The molecule has 2 rings (SSSR count). The van der Waals surface area contributed by atoms with E-state index in [4.69, 9.17) is 5.11 Å². The van der Waals surface area contributed by atoms with Gasteiger partial charge >= 0.3 is 5.97 Å². The third-order valence-corrected chi connectivity index (χ3v) is 3.28. The third-order valence-electron chi connectivity index (χ3n) is 2.67. The minimum atomic E-state index is -0.832. The molecule has 0 bridgehead atoms. The van der Waals surface area contributed by atoms with Crippen LogP contribution in [0, 0.1) is 5.82 Å². The van der Waals surface area contributed by atoms with E-state index in [1.54, 1.807) is 12.1 Å². The van der Waals surface area contributed by atoms with Crippen molar-refractivity contribution in [3.8, 4) is 0 Å². The number of anilines is 1. The van der Waals surface area contributed by atoms with Gasteiger partial charge in [0, 0.05) is 34.4 Å². The zero-order valence-corrected chi connectivity index (χ0v) is 11.6. The summed E-state index contributed by atoms with van der Waals surface area (Å²) in [5.74, 6) is -0.593. The van der Waals surface area contributed by atoms with Gasteiger partial charge in [-0.3, -0.25) is 4.79 Å². The van der Waals surface area contributed by atoms with Gasteiger partial charge in [-0.1, -0.05) is 12.1 Å². The minimum Gasteiger partial charge on any atom is -0.481 e. The SMILES string of the molecule is O=C(O)CCCNc1ncc(Br)c2c(F)cccc12. The van der Waals surface area contributed by atoms with Crippen molar-refractivity contribution in [1.29, 1.82) is 0 Å². The summed E-state index contributed by atoms with van der Waals surface area (Å²) in [6.07, 6.45) is 2.12. The fraction of sp³-hybridized carbons (Fsp3) is 0.231. The number of nitrogens with zero attached hydrogens (tertiary/aromatic N) is 1. The topological polar surface area (TPSA) is 62.2 Å². The summed E-state index contributed by atoms with van der Waals surface area (Å²) in [5.41, 5.74) is 0. The fourth-order valence-electron chi connectivity index (χ4n) is 1.81. The van der Waals surface area contributed by atoms with E-state index in [2.05, 4.69) is 26.2 Å². The number of fused-ring (bicyclic) bond motifs is 1. The molecule has 0 unspecified atom stereocenters. The maximum absolute atomic E-state index is 13.8. The van der Waals surface area contributed by atoms with Crippen molar-refractivity contribution in [3.63, 3.8) is 0 Å². The molecule has 6 heteroatoms.